The summed E-state index contributed by atoms with van der Waals surface area (Å²) in [5.41, 5.74) is 0.739. The number of para-hydroxylation sites is 1. The Kier molecular flexibility index (Phi) is 9.01. The molecular weight excluding hydrogens is 573 g/mol. The number of rotatable bonds is 8. The molecule has 1 saturated heterocycles. The number of halogens is 3. The Labute approximate surface area is 237 Å². The molecular formula is C25H28Cl3N5O4S. The average Bonchev–Trinajstić information content (AvgIpc) is 2.89. The Morgan fingerprint density at radius 3 is 2.37 bits per heavy atom. The van der Waals surface area contributed by atoms with Crippen molar-refractivity contribution in [2.45, 2.75) is 31.3 Å². The van der Waals surface area contributed by atoms with E-state index in [9.17, 15) is 13.2 Å². The first-order valence-corrected chi connectivity index (χ1v) is 14.6. The first-order chi connectivity index (χ1) is 18.0. The summed E-state index contributed by atoms with van der Waals surface area (Å²) in [5, 5.41) is 4.15. The molecule has 0 bridgehead atoms. The summed E-state index contributed by atoms with van der Waals surface area (Å²) in [6, 6.07) is 9.78. The van der Waals surface area contributed by atoms with Crippen molar-refractivity contribution >= 4 is 67.5 Å². The molecule has 1 atom stereocenters. The van der Waals surface area contributed by atoms with E-state index in [0.717, 1.165) is 10.9 Å². The number of ether oxygens (including phenoxy) is 1. The number of carbonyl (C=O) groups excluding carboxylic acids is 1. The Morgan fingerprint density at radius 1 is 1.03 bits per heavy atom. The van der Waals surface area contributed by atoms with Gasteiger partial charge in [0.2, 0.25) is 10.0 Å². The molecule has 1 aromatic heterocycles. The molecule has 0 amide bonds. The van der Waals surface area contributed by atoms with Gasteiger partial charge in [-0.25, -0.2) is 23.2 Å². The molecule has 1 aliphatic rings. The maximum absolute atomic E-state index is 13.2. The van der Waals surface area contributed by atoms with Gasteiger partial charge in [0.05, 0.1) is 34.2 Å². The Bertz CT molecular complexity index is 1450. The Balaban J connectivity index is 1.51. The lowest BCUT2D eigenvalue weighted by atomic mass is 10.0. The van der Waals surface area contributed by atoms with Crippen LogP contribution >= 0.6 is 34.8 Å². The van der Waals surface area contributed by atoms with E-state index >= 15 is 0 Å². The summed E-state index contributed by atoms with van der Waals surface area (Å²) in [6.07, 6.45) is 0. The number of fused-ring (bicyclic) bond motifs is 1. The SMILES string of the molecule is COC(=O)[C@@H](Nc1nc(CN2CCN(S(=O)(=O)c3ccc(Cl)c(Cl)c3Cl)CC2)nc2ccccc12)C(C)C. The molecule has 2 heterocycles. The summed E-state index contributed by atoms with van der Waals surface area (Å²) >= 11 is 18.2. The fraction of sp³-hybridized carbons (Fsp3) is 0.400. The minimum atomic E-state index is -3.85. The van der Waals surface area contributed by atoms with Crippen molar-refractivity contribution in [3.63, 3.8) is 0 Å². The van der Waals surface area contributed by atoms with Crippen LogP contribution in [0.15, 0.2) is 41.3 Å². The van der Waals surface area contributed by atoms with Crippen molar-refractivity contribution < 1.29 is 17.9 Å². The normalized spacial score (nSPS) is 16.1. The molecule has 204 valence electrons. The van der Waals surface area contributed by atoms with Crippen LogP contribution in [0.2, 0.25) is 15.1 Å². The van der Waals surface area contributed by atoms with E-state index < -0.39 is 16.1 Å². The van der Waals surface area contributed by atoms with Crippen molar-refractivity contribution in [2.75, 3.05) is 38.6 Å². The van der Waals surface area contributed by atoms with Gasteiger partial charge in [0.1, 0.15) is 22.6 Å². The molecule has 13 heteroatoms. The number of benzene rings is 2. The van der Waals surface area contributed by atoms with Gasteiger partial charge in [-0.15, -0.1) is 0 Å². The molecule has 0 radical (unpaired) electrons. The number of nitrogens with zero attached hydrogens (tertiary/aromatic N) is 4. The number of nitrogens with one attached hydrogen (secondary N) is 1. The van der Waals surface area contributed by atoms with Crippen LogP contribution in [-0.4, -0.2) is 72.9 Å². The standard InChI is InChI=1S/C25H28Cl3N5O4S/c1-15(2)23(25(34)37-3)31-24-16-6-4-5-7-18(16)29-20(30-24)14-32-10-12-33(13-11-32)38(35,36)19-9-8-17(26)21(27)22(19)28/h4-9,15,23H,10-14H2,1-3H3,(H,29,30,31)/t23-/m0/s1. The molecule has 1 N–H and O–H groups in total. The van der Waals surface area contributed by atoms with E-state index in [1.807, 2.05) is 38.1 Å². The number of carbonyl (C=O) groups is 1. The second kappa shape index (κ2) is 11.9. The van der Waals surface area contributed by atoms with E-state index in [1.54, 1.807) is 0 Å². The van der Waals surface area contributed by atoms with Gasteiger partial charge in [-0.2, -0.15) is 4.31 Å². The number of methoxy groups -OCH3 is 1. The quantitative estimate of drug-likeness (QED) is 0.293. The first-order valence-electron chi connectivity index (χ1n) is 12.0. The fourth-order valence-corrected chi connectivity index (χ4v) is 6.63. The highest BCUT2D eigenvalue weighted by Crippen LogP contribution is 2.36. The van der Waals surface area contributed by atoms with Gasteiger partial charge in [0.15, 0.2) is 0 Å². The molecule has 0 unspecified atom stereocenters. The highest BCUT2D eigenvalue weighted by Gasteiger charge is 2.32. The third-order valence-electron chi connectivity index (χ3n) is 6.38. The van der Waals surface area contributed by atoms with Crippen molar-refractivity contribution in [3.05, 3.63) is 57.3 Å². The average molecular weight is 601 g/mol. The van der Waals surface area contributed by atoms with Crippen molar-refractivity contribution in [1.29, 1.82) is 0 Å². The summed E-state index contributed by atoms with van der Waals surface area (Å²) in [5.74, 6) is 0.704. The van der Waals surface area contributed by atoms with Gasteiger partial charge >= 0.3 is 5.97 Å². The lowest BCUT2D eigenvalue weighted by Gasteiger charge is -2.33. The predicted molar refractivity (Wildman–Crippen MR) is 149 cm³/mol. The van der Waals surface area contributed by atoms with Crippen molar-refractivity contribution in [3.8, 4) is 0 Å². The summed E-state index contributed by atoms with van der Waals surface area (Å²) in [6.45, 7) is 5.72. The maximum atomic E-state index is 13.2. The van der Waals surface area contributed by atoms with Crippen molar-refractivity contribution in [1.82, 2.24) is 19.2 Å². The zero-order valence-corrected chi connectivity index (χ0v) is 24.2. The number of sulfonamides is 1. The van der Waals surface area contributed by atoms with Crippen LogP contribution in [0, 0.1) is 5.92 Å². The van der Waals surface area contributed by atoms with Crippen LogP contribution in [0.3, 0.4) is 0 Å². The highest BCUT2D eigenvalue weighted by atomic mass is 35.5. The lowest BCUT2D eigenvalue weighted by Crippen LogP contribution is -2.48. The van der Waals surface area contributed by atoms with Crippen LogP contribution in [0.4, 0.5) is 5.82 Å². The molecule has 2 aromatic carbocycles. The second-order valence-electron chi connectivity index (χ2n) is 9.25. The lowest BCUT2D eigenvalue weighted by molar-refractivity contribution is -0.142. The number of hydrogen-bond acceptors (Lipinski definition) is 8. The maximum Gasteiger partial charge on any atom is 0.328 e. The fourth-order valence-electron chi connectivity index (χ4n) is 4.25. The van der Waals surface area contributed by atoms with Crippen molar-refractivity contribution in [2.24, 2.45) is 5.92 Å². The highest BCUT2D eigenvalue weighted by molar-refractivity contribution is 7.89. The summed E-state index contributed by atoms with van der Waals surface area (Å²) in [7, 11) is -2.49. The largest absolute Gasteiger partial charge is 0.467 e. The summed E-state index contributed by atoms with van der Waals surface area (Å²) in [4.78, 5) is 23.8. The number of hydrogen-bond donors (Lipinski definition) is 1. The zero-order valence-electron chi connectivity index (χ0n) is 21.1. The van der Waals surface area contributed by atoms with Gasteiger partial charge in [0.25, 0.3) is 0 Å². The van der Waals surface area contributed by atoms with Gasteiger partial charge < -0.3 is 10.1 Å². The number of aromatic nitrogens is 2. The van der Waals surface area contributed by atoms with Crippen LogP contribution in [0.5, 0.6) is 0 Å². The molecule has 0 saturated carbocycles. The smallest absolute Gasteiger partial charge is 0.328 e. The molecule has 0 aliphatic carbocycles. The predicted octanol–water partition coefficient (Wildman–Crippen LogP) is 4.71. The zero-order chi connectivity index (χ0) is 27.6. The van der Waals surface area contributed by atoms with Crippen LogP contribution in [0.25, 0.3) is 10.9 Å². The van der Waals surface area contributed by atoms with E-state index in [2.05, 4.69) is 10.2 Å². The number of esters is 1. The van der Waals surface area contributed by atoms with E-state index in [-0.39, 0.29) is 44.9 Å². The minimum Gasteiger partial charge on any atom is -0.467 e. The summed E-state index contributed by atoms with van der Waals surface area (Å²) < 4.78 is 32.8. The topological polar surface area (TPSA) is 105 Å². The van der Waals surface area contributed by atoms with Crippen LogP contribution < -0.4 is 5.32 Å². The number of anilines is 1. The van der Waals surface area contributed by atoms with Crippen LogP contribution in [0.1, 0.15) is 19.7 Å². The van der Waals surface area contributed by atoms with Gasteiger partial charge in [-0.1, -0.05) is 60.8 Å². The monoisotopic (exact) mass is 599 g/mol. The second-order valence-corrected chi connectivity index (χ2v) is 12.3. The molecule has 0 spiro atoms. The molecule has 3 aromatic rings. The third kappa shape index (κ3) is 6.00. The minimum absolute atomic E-state index is 0.0119. The third-order valence-corrected chi connectivity index (χ3v) is 9.72. The molecule has 38 heavy (non-hydrogen) atoms. The molecule has 4 rings (SSSR count). The van der Waals surface area contributed by atoms with E-state index in [0.29, 0.717) is 31.3 Å². The van der Waals surface area contributed by atoms with E-state index in [4.69, 9.17) is 49.5 Å². The molecule has 9 nitrogen and oxygen atoms in total. The van der Waals surface area contributed by atoms with Crippen LogP contribution in [-0.2, 0) is 26.1 Å². The molecule has 1 fully saturated rings. The van der Waals surface area contributed by atoms with Gasteiger partial charge in [-0.3, -0.25) is 4.90 Å². The molecule has 1 aliphatic heterocycles. The van der Waals surface area contributed by atoms with E-state index in [1.165, 1.54) is 23.5 Å². The first kappa shape index (κ1) is 28.8. The number of piperazine rings is 1. The Morgan fingerprint density at radius 2 is 1.71 bits per heavy atom. The van der Waals surface area contributed by atoms with Gasteiger partial charge in [-0.05, 0) is 30.2 Å². The Hall–Kier alpha value is -2.21. The van der Waals surface area contributed by atoms with Gasteiger partial charge in [0, 0.05) is 31.6 Å².